The minimum absolute atomic E-state index is 0.0136. The van der Waals surface area contributed by atoms with E-state index in [1.54, 1.807) is 14.1 Å². The number of aliphatic hydroxyl groups excluding tert-OH is 4. The highest BCUT2D eigenvalue weighted by atomic mass is 35.5. The van der Waals surface area contributed by atoms with Gasteiger partial charge in [-0.15, -0.1) is 0 Å². The van der Waals surface area contributed by atoms with E-state index in [0.717, 1.165) is 92.8 Å². The Balaban J connectivity index is 1.08. The van der Waals surface area contributed by atoms with Gasteiger partial charge in [-0.05, 0) is 153 Å². The van der Waals surface area contributed by atoms with E-state index in [9.17, 15) is 60.3 Å². The van der Waals surface area contributed by atoms with E-state index in [1.165, 1.54) is 61.6 Å². The van der Waals surface area contributed by atoms with Gasteiger partial charge in [0, 0.05) is 48.2 Å². The number of amides is 8. The molecule has 616 valence electrons. The first-order valence-corrected chi connectivity index (χ1v) is 38.7. The van der Waals surface area contributed by atoms with Gasteiger partial charge in [0.1, 0.15) is 113 Å². The lowest BCUT2D eigenvalue weighted by molar-refractivity contribution is -0.244. The molecule has 1 fully saturated rings. The SMILES string of the molecule is CN[C@@H]1C(=O)N[C@@H]2Cc3ccc(cc3)Oc3cc4cc(c3O[C@@H]3O[C@H](CO)[C@@H](O)[C@H](O)[C@H]3NC(=O)CCCCCCCCC(C)C)Oc3ccc(cc3Cl)[C@@H](O)[C@@H]3NC(=O)[C@H](NC(=O)[C@@H]4NC(=O)[C@@H](NC2=O)c2cc(cc(O)c2Cl)Oc2cc1ccc2O)c1ccc(O)c(c1)-c1c(O)cc(O)cc1[C@H](C(=O)NCCCN(C)C)NC3=O. The molecule has 7 heterocycles. The molecule has 34 heteroatoms. The Morgan fingerprint density at radius 3 is 1.94 bits per heavy atom. The summed E-state index contributed by atoms with van der Waals surface area (Å²) in [6.07, 6.45) is -3.42. The molecular weight excluding hydrogens is 1550 g/mol. The maximum atomic E-state index is 16.6. The van der Waals surface area contributed by atoms with E-state index in [2.05, 4.69) is 61.7 Å². The number of benzene rings is 7. The Morgan fingerprint density at radius 2 is 1.23 bits per heavy atom. The van der Waals surface area contributed by atoms with Crippen LogP contribution in [0.5, 0.6) is 69.0 Å². The third-order valence-electron chi connectivity index (χ3n) is 20.7. The second-order valence-electron chi connectivity index (χ2n) is 29.9. The lowest BCUT2D eigenvalue weighted by Crippen LogP contribution is -2.65. The van der Waals surface area contributed by atoms with Gasteiger partial charge in [-0.2, -0.15) is 0 Å². The number of aromatic hydroxyl groups is 5. The third-order valence-corrected chi connectivity index (χ3v) is 21.4. The zero-order valence-corrected chi connectivity index (χ0v) is 65.3. The molecule has 7 aliphatic rings. The minimum atomic E-state index is -2.32. The molecule has 7 aliphatic heterocycles. The Morgan fingerprint density at radius 1 is 0.586 bits per heavy atom. The molecule has 0 spiro atoms. The summed E-state index contributed by atoms with van der Waals surface area (Å²) < 4.78 is 32.8. The van der Waals surface area contributed by atoms with Crippen LogP contribution in [-0.4, -0.2) is 182 Å². The van der Waals surface area contributed by atoms with Gasteiger partial charge in [-0.1, -0.05) is 106 Å². The standard InChI is InChI=1S/C82H92Cl2N10O22/c1-38(2)13-10-8-6-7-9-11-14-61(101)88-70-73(104)72(103)60(37-95)115-82(70)116-74-58-31-43-32-59(74)114-56-24-19-42(29-50(56)83)71(102)69-81(111)92-67(76(106)86-25-12-26-94(4)5)48-33-44(96)34-54(99)62(48)47-28-40(17-22-52(47)97)65(78(108)93-69)89-79(109)66(43)90-80(110)68-49-35-46(36-55(100)63(49)84)113-57-30-41(18-23-53(57)98)64(85-3)77(107)87-51(75(105)91-68)27-39-15-20-45(112-58)21-16-39/h15-24,28-36,38,51,60,64-73,82,85,95-100,102-104H,6-14,25-27,37H2,1-5H3,(H,86,106)(H,87,107)(H,88,101)(H,89,109)(H,90,110)(H,91,105)(H,92,111)(H,93,108)/t51-,60-,64+,65-,66-,67-,68+,69+,70-,71-,72-,73-,82+/m1/s1. The number of hydrogen-bond acceptors (Lipinski definition) is 24. The summed E-state index contributed by atoms with van der Waals surface area (Å²) in [6.45, 7) is 3.91. The van der Waals surface area contributed by atoms with Crippen LogP contribution in [0.3, 0.4) is 0 Å². The number of ether oxygens (including phenoxy) is 5. The van der Waals surface area contributed by atoms with Crippen LogP contribution >= 0.6 is 23.2 Å². The summed E-state index contributed by atoms with van der Waals surface area (Å²) in [5.74, 6) is -13.9. The van der Waals surface area contributed by atoms with Crippen LogP contribution in [0, 0.1) is 5.92 Å². The molecule has 0 radical (unpaired) electrons. The van der Waals surface area contributed by atoms with Crippen molar-refractivity contribution in [2.24, 2.45) is 5.92 Å². The van der Waals surface area contributed by atoms with Crippen molar-refractivity contribution in [2.45, 2.75) is 157 Å². The fraction of sp³-hybridized carbons (Fsp3) is 0.390. The lowest BCUT2D eigenvalue weighted by Gasteiger charge is -2.42. The van der Waals surface area contributed by atoms with Crippen molar-refractivity contribution < 1.29 is 108 Å². The van der Waals surface area contributed by atoms with E-state index in [-0.39, 0.29) is 80.8 Å². The first-order valence-electron chi connectivity index (χ1n) is 38.0. The molecule has 17 bridgehead atoms. The average Bonchev–Trinajstić information content (AvgIpc) is 0.761. The molecule has 0 unspecified atom stereocenters. The van der Waals surface area contributed by atoms with Gasteiger partial charge < -0.3 is 122 Å². The van der Waals surface area contributed by atoms with E-state index in [1.807, 2.05) is 4.90 Å². The summed E-state index contributed by atoms with van der Waals surface area (Å²) in [5.41, 5.74) is -1.82. The van der Waals surface area contributed by atoms with Crippen LogP contribution in [0.4, 0.5) is 0 Å². The van der Waals surface area contributed by atoms with E-state index in [4.69, 9.17) is 46.9 Å². The van der Waals surface area contributed by atoms with Gasteiger partial charge >= 0.3 is 0 Å². The fourth-order valence-electron chi connectivity index (χ4n) is 14.6. The second-order valence-corrected chi connectivity index (χ2v) is 30.7. The molecule has 32 nitrogen and oxygen atoms in total. The van der Waals surface area contributed by atoms with Gasteiger partial charge in [-0.25, -0.2) is 0 Å². The molecule has 8 amide bonds. The number of rotatable bonds is 19. The maximum absolute atomic E-state index is 16.6. The summed E-state index contributed by atoms with van der Waals surface area (Å²) in [6, 6.07) is 7.82. The number of carbonyl (C=O) groups is 8. The third kappa shape index (κ3) is 19.2. The van der Waals surface area contributed by atoms with E-state index < -0.39 is 195 Å². The molecule has 14 rings (SSSR count). The van der Waals surface area contributed by atoms with Crippen LogP contribution in [0.2, 0.25) is 10.0 Å². The van der Waals surface area contributed by atoms with Crippen molar-refractivity contribution in [3.63, 3.8) is 0 Å². The predicted octanol–water partition coefficient (Wildman–Crippen LogP) is 6.60. The number of unbranched alkanes of at least 4 members (excludes halogenated alkanes) is 5. The number of fused-ring (bicyclic) bond motifs is 14. The van der Waals surface area contributed by atoms with Gasteiger partial charge in [0.25, 0.3) is 0 Å². The number of likely N-dealkylation sites (N-methyl/N-ethyl adjacent to an activating group) is 1. The number of halogens is 2. The zero-order valence-electron chi connectivity index (χ0n) is 63.8. The highest BCUT2D eigenvalue weighted by Gasteiger charge is 2.48. The van der Waals surface area contributed by atoms with Crippen LogP contribution < -0.4 is 66.8 Å². The van der Waals surface area contributed by atoms with Crippen LogP contribution in [0.1, 0.15) is 147 Å². The number of phenolic OH excluding ortho intramolecular Hbond substituents is 5. The monoisotopic (exact) mass is 1640 g/mol. The predicted molar refractivity (Wildman–Crippen MR) is 419 cm³/mol. The Kier molecular flexibility index (Phi) is 26.7. The molecule has 7 aromatic carbocycles. The second kappa shape index (κ2) is 36.7. The van der Waals surface area contributed by atoms with Gasteiger partial charge in [0.15, 0.2) is 23.0 Å². The van der Waals surface area contributed by atoms with Crippen LogP contribution in [-0.2, 0) is 49.5 Å². The zero-order chi connectivity index (χ0) is 83.1. The molecule has 116 heavy (non-hydrogen) atoms. The molecule has 0 aromatic heterocycles. The van der Waals surface area contributed by atoms with Crippen LogP contribution in [0.25, 0.3) is 11.1 Å². The number of nitrogens with one attached hydrogen (secondary N) is 9. The van der Waals surface area contributed by atoms with Crippen molar-refractivity contribution in [3.05, 3.63) is 164 Å². The van der Waals surface area contributed by atoms with Crippen molar-refractivity contribution in [1.29, 1.82) is 0 Å². The number of aliphatic hydroxyl groups is 4. The van der Waals surface area contributed by atoms with E-state index in [0.29, 0.717) is 37.3 Å². The summed E-state index contributed by atoms with van der Waals surface area (Å²) >= 11 is 14.2. The average molecular weight is 1640 g/mol. The van der Waals surface area contributed by atoms with Crippen molar-refractivity contribution in [2.75, 3.05) is 40.8 Å². The van der Waals surface area contributed by atoms with Crippen molar-refractivity contribution in [3.8, 4) is 80.1 Å². The number of nitrogens with zero attached hydrogens (tertiary/aromatic N) is 1. The molecule has 0 saturated carbocycles. The molecular formula is C82H92Cl2N10O22. The number of carbonyl (C=O) groups excluding carboxylic acids is 8. The Bertz CT molecular complexity index is 4880. The van der Waals surface area contributed by atoms with E-state index >= 15 is 24.0 Å². The molecule has 0 aliphatic carbocycles. The molecule has 1 saturated heterocycles. The highest BCUT2D eigenvalue weighted by molar-refractivity contribution is 6.33. The lowest BCUT2D eigenvalue weighted by atomic mass is 9.89. The molecule has 18 N–H and O–H groups in total. The highest BCUT2D eigenvalue weighted by Crippen LogP contribution is 2.50. The molecule has 7 aromatic rings. The van der Waals surface area contributed by atoms with Gasteiger partial charge in [-0.3, -0.25) is 38.4 Å². The smallest absolute Gasteiger partial charge is 0.248 e. The van der Waals surface area contributed by atoms with Crippen molar-refractivity contribution in [1.82, 2.24) is 52.8 Å². The van der Waals surface area contributed by atoms with Crippen molar-refractivity contribution >= 4 is 70.5 Å². The summed E-state index contributed by atoms with van der Waals surface area (Å²) in [5, 5.41) is 128. The largest absolute Gasteiger partial charge is 0.508 e. The molecule has 13 atom stereocenters. The minimum Gasteiger partial charge on any atom is -0.508 e. The maximum Gasteiger partial charge on any atom is 0.248 e. The Hall–Kier alpha value is -11.2. The topological polar surface area (TPSA) is 476 Å². The summed E-state index contributed by atoms with van der Waals surface area (Å²) in [4.78, 5) is 125. The number of phenols is 5. The first-order chi connectivity index (χ1) is 55.4. The summed E-state index contributed by atoms with van der Waals surface area (Å²) in [7, 11) is 5.07. The fourth-order valence-corrected chi connectivity index (χ4v) is 15.0. The van der Waals surface area contributed by atoms with Crippen LogP contribution in [0.15, 0.2) is 115 Å². The van der Waals surface area contributed by atoms with Gasteiger partial charge in [0.05, 0.1) is 16.7 Å². The van der Waals surface area contributed by atoms with Gasteiger partial charge in [0.2, 0.25) is 59.3 Å². The Labute approximate surface area is 676 Å². The normalized spacial score (nSPS) is 23.3. The quantitative estimate of drug-likeness (QED) is 0.0379. The first kappa shape index (κ1) is 84.2. The number of hydrogen-bond donors (Lipinski definition) is 18.